The second kappa shape index (κ2) is 10.9. The first-order valence-electron chi connectivity index (χ1n) is 16.0. The lowest BCUT2D eigenvalue weighted by Gasteiger charge is -2.26. The highest BCUT2D eigenvalue weighted by atomic mass is 32.1. The average Bonchev–Trinajstić information content (AvgIpc) is 3.86. The Labute approximate surface area is 284 Å². The van der Waals surface area contributed by atoms with Crippen molar-refractivity contribution >= 4 is 92.1 Å². The van der Waals surface area contributed by atoms with E-state index >= 15 is 0 Å². The molecule has 3 heterocycles. The number of benzene rings is 7. The molecule has 0 N–H and O–H groups in total. The van der Waals surface area contributed by atoms with Crippen LogP contribution >= 0.6 is 22.7 Å². The highest BCUT2D eigenvalue weighted by Gasteiger charge is 2.19. The number of fused-ring (bicyclic) bond motifs is 8. The van der Waals surface area contributed by atoms with Gasteiger partial charge in [0.2, 0.25) is 0 Å². The molecule has 0 saturated heterocycles. The predicted octanol–water partition coefficient (Wildman–Crippen LogP) is 13.4. The number of rotatable bonds is 5. The molecule has 0 unspecified atom stereocenters. The number of thiophene rings is 1. The summed E-state index contributed by atoms with van der Waals surface area (Å²) in [4.78, 5) is 7.49. The Hall–Kier alpha value is -5.75. The first-order valence-corrected chi connectivity index (χ1v) is 17.6. The maximum Gasteiger partial charge on any atom is 0.137 e. The van der Waals surface area contributed by atoms with Gasteiger partial charge in [-0.05, 0) is 71.8 Å². The molecular formula is C43H26N2OS2. The van der Waals surface area contributed by atoms with E-state index in [0.29, 0.717) is 0 Å². The van der Waals surface area contributed by atoms with E-state index in [4.69, 9.17) is 9.40 Å². The second-order valence-corrected chi connectivity index (χ2v) is 14.0. The quantitative estimate of drug-likeness (QED) is 0.186. The Kier molecular flexibility index (Phi) is 6.22. The minimum Gasteiger partial charge on any atom is -0.456 e. The molecule has 0 amide bonds. The zero-order valence-corrected chi connectivity index (χ0v) is 27.3. The van der Waals surface area contributed by atoms with Crippen LogP contribution < -0.4 is 4.90 Å². The zero-order chi connectivity index (χ0) is 31.6. The summed E-state index contributed by atoms with van der Waals surface area (Å²) in [6.45, 7) is 0. The van der Waals surface area contributed by atoms with Crippen LogP contribution in [0.1, 0.15) is 0 Å². The van der Waals surface area contributed by atoms with E-state index in [2.05, 4.69) is 157 Å². The van der Waals surface area contributed by atoms with Crippen molar-refractivity contribution in [1.29, 1.82) is 0 Å². The summed E-state index contributed by atoms with van der Waals surface area (Å²) < 4.78 is 10.1. The van der Waals surface area contributed by atoms with Crippen LogP contribution in [0, 0.1) is 0 Å². The molecule has 0 spiro atoms. The SMILES string of the molecule is c1ccc(-c2nc3c(ccc4oc5ccc(-c6ccc(N(c7ccccc7)c7cccc8c7sc7ccccc78)cc6)cc5c43)s2)cc1. The number of anilines is 3. The van der Waals surface area contributed by atoms with Gasteiger partial charge in [0.25, 0.3) is 0 Å². The number of furan rings is 1. The summed E-state index contributed by atoms with van der Waals surface area (Å²) in [5, 5.41) is 5.77. The van der Waals surface area contributed by atoms with E-state index in [1.54, 1.807) is 11.3 Å². The molecule has 0 radical (unpaired) electrons. The fourth-order valence-electron chi connectivity index (χ4n) is 6.85. The van der Waals surface area contributed by atoms with Crippen molar-refractivity contribution in [2.75, 3.05) is 4.90 Å². The van der Waals surface area contributed by atoms with Gasteiger partial charge in [-0.1, -0.05) is 97.1 Å². The van der Waals surface area contributed by atoms with Crippen molar-refractivity contribution in [2.45, 2.75) is 0 Å². The monoisotopic (exact) mass is 650 g/mol. The van der Waals surface area contributed by atoms with Crippen molar-refractivity contribution in [2.24, 2.45) is 0 Å². The molecule has 0 aliphatic heterocycles. The van der Waals surface area contributed by atoms with Gasteiger partial charge in [-0.15, -0.1) is 22.7 Å². The van der Waals surface area contributed by atoms with Gasteiger partial charge in [-0.25, -0.2) is 4.98 Å². The molecule has 5 heteroatoms. The Morgan fingerprint density at radius 1 is 0.479 bits per heavy atom. The van der Waals surface area contributed by atoms with Gasteiger partial charge in [-0.2, -0.15) is 0 Å². The lowest BCUT2D eigenvalue weighted by molar-refractivity contribution is 0.669. The lowest BCUT2D eigenvalue weighted by atomic mass is 10.0. The molecule has 10 rings (SSSR count). The molecule has 0 atom stereocenters. The average molecular weight is 651 g/mol. The van der Waals surface area contributed by atoms with Gasteiger partial charge in [-0.3, -0.25) is 0 Å². The van der Waals surface area contributed by atoms with Crippen LogP contribution in [0.3, 0.4) is 0 Å². The van der Waals surface area contributed by atoms with Crippen LogP contribution in [0.4, 0.5) is 17.1 Å². The third kappa shape index (κ3) is 4.36. The molecule has 0 aliphatic carbocycles. The molecule has 3 aromatic heterocycles. The van der Waals surface area contributed by atoms with Crippen LogP contribution in [0.15, 0.2) is 162 Å². The molecule has 0 fully saturated rings. The van der Waals surface area contributed by atoms with Crippen molar-refractivity contribution in [1.82, 2.24) is 4.98 Å². The third-order valence-corrected chi connectivity index (χ3v) is 11.4. The van der Waals surface area contributed by atoms with Gasteiger partial charge >= 0.3 is 0 Å². The smallest absolute Gasteiger partial charge is 0.137 e. The van der Waals surface area contributed by atoms with Crippen LogP contribution in [0.25, 0.3) is 74.0 Å². The van der Waals surface area contributed by atoms with E-state index in [1.165, 1.54) is 25.9 Å². The summed E-state index contributed by atoms with van der Waals surface area (Å²) in [5.41, 5.74) is 9.59. The fourth-order valence-corrected chi connectivity index (χ4v) is 9.04. The minimum atomic E-state index is 0.865. The van der Waals surface area contributed by atoms with E-state index in [9.17, 15) is 0 Å². The van der Waals surface area contributed by atoms with Gasteiger partial charge in [0.05, 0.1) is 26.0 Å². The fraction of sp³-hybridized carbons (Fsp3) is 0. The molecule has 7 aromatic carbocycles. The highest BCUT2D eigenvalue weighted by Crippen LogP contribution is 2.45. The van der Waals surface area contributed by atoms with Gasteiger partial charge in [0.1, 0.15) is 16.2 Å². The second-order valence-electron chi connectivity index (χ2n) is 12.0. The first kappa shape index (κ1) is 27.4. The van der Waals surface area contributed by atoms with Gasteiger partial charge < -0.3 is 9.32 Å². The molecule has 0 saturated carbocycles. The summed E-state index contributed by atoms with van der Waals surface area (Å²) in [6, 6.07) is 56.0. The summed E-state index contributed by atoms with van der Waals surface area (Å²) in [6.07, 6.45) is 0. The number of hydrogen-bond acceptors (Lipinski definition) is 5. The van der Waals surface area contributed by atoms with E-state index in [-0.39, 0.29) is 0 Å². The lowest BCUT2D eigenvalue weighted by Crippen LogP contribution is -2.09. The Morgan fingerprint density at radius 2 is 1.19 bits per heavy atom. The Morgan fingerprint density at radius 3 is 2.04 bits per heavy atom. The van der Waals surface area contributed by atoms with Gasteiger partial charge in [0, 0.05) is 37.8 Å². The van der Waals surface area contributed by atoms with Crippen LogP contribution in [-0.2, 0) is 0 Å². The summed E-state index contributed by atoms with van der Waals surface area (Å²) >= 11 is 3.58. The molecule has 0 aliphatic rings. The zero-order valence-electron chi connectivity index (χ0n) is 25.6. The van der Waals surface area contributed by atoms with Crippen LogP contribution in [0.5, 0.6) is 0 Å². The normalized spacial score (nSPS) is 11.8. The number of nitrogens with zero attached hydrogens (tertiary/aromatic N) is 2. The maximum atomic E-state index is 6.33. The predicted molar refractivity (Wildman–Crippen MR) is 205 cm³/mol. The summed E-state index contributed by atoms with van der Waals surface area (Å²) in [7, 11) is 0. The third-order valence-electron chi connectivity index (χ3n) is 9.11. The van der Waals surface area contributed by atoms with Crippen molar-refractivity contribution in [3.05, 3.63) is 158 Å². The first-order chi connectivity index (χ1) is 23.8. The largest absolute Gasteiger partial charge is 0.456 e. The summed E-state index contributed by atoms with van der Waals surface area (Å²) in [5.74, 6) is 0. The number of thiazole rings is 1. The number of aromatic nitrogens is 1. The molecular weight excluding hydrogens is 625 g/mol. The van der Waals surface area contributed by atoms with Crippen molar-refractivity contribution < 1.29 is 4.42 Å². The standard InChI is InChI=1S/C43H26N2OS2/c1-3-10-28(11-4-1)43-44-41-39(48-43)25-24-37-40(41)34-26-29(20-23-36(34)46-37)27-18-21-31(22-19-27)45(30-12-5-2-6-13-30)35-16-9-15-33-32-14-7-8-17-38(32)47-42(33)35/h1-26H. The molecule has 226 valence electrons. The number of para-hydroxylation sites is 1. The van der Waals surface area contributed by atoms with Crippen LogP contribution in [-0.4, -0.2) is 4.98 Å². The van der Waals surface area contributed by atoms with E-state index in [0.717, 1.165) is 65.2 Å². The van der Waals surface area contributed by atoms with Crippen molar-refractivity contribution in [3.63, 3.8) is 0 Å². The Bertz CT molecular complexity index is 2780. The van der Waals surface area contributed by atoms with E-state index < -0.39 is 0 Å². The number of hydrogen-bond donors (Lipinski definition) is 0. The van der Waals surface area contributed by atoms with E-state index in [1.807, 2.05) is 17.4 Å². The highest BCUT2D eigenvalue weighted by molar-refractivity contribution is 7.26. The maximum absolute atomic E-state index is 6.33. The minimum absolute atomic E-state index is 0.865. The van der Waals surface area contributed by atoms with Crippen molar-refractivity contribution in [3.8, 4) is 21.7 Å². The van der Waals surface area contributed by atoms with Gasteiger partial charge in [0.15, 0.2) is 0 Å². The molecule has 48 heavy (non-hydrogen) atoms. The molecule has 0 bridgehead atoms. The van der Waals surface area contributed by atoms with Crippen LogP contribution in [0.2, 0.25) is 0 Å². The Balaban J connectivity index is 1.09. The molecule has 3 nitrogen and oxygen atoms in total. The molecule has 10 aromatic rings. The topological polar surface area (TPSA) is 29.3 Å².